The number of amides is 3. The summed E-state index contributed by atoms with van der Waals surface area (Å²) < 4.78 is 0. The summed E-state index contributed by atoms with van der Waals surface area (Å²) >= 11 is 12.2. The van der Waals surface area contributed by atoms with E-state index < -0.39 is 0 Å². The van der Waals surface area contributed by atoms with E-state index in [1.54, 1.807) is 6.07 Å². The first kappa shape index (κ1) is 22.0. The first-order valence-corrected chi connectivity index (χ1v) is 11.1. The second kappa shape index (κ2) is 9.86. The molecule has 3 amide bonds. The van der Waals surface area contributed by atoms with Crippen molar-refractivity contribution < 1.29 is 9.59 Å². The Morgan fingerprint density at radius 2 is 1.79 bits per heavy atom. The molecular weight excluding hydrogens is 409 g/mol. The molecule has 1 atom stereocenters. The van der Waals surface area contributed by atoms with Gasteiger partial charge in [-0.1, -0.05) is 36.2 Å². The van der Waals surface area contributed by atoms with Crippen molar-refractivity contribution in [3.8, 4) is 0 Å². The normalized spacial score (nSPS) is 20.2. The van der Waals surface area contributed by atoms with Crippen LogP contribution in [0.25, 0.3) is 5.57 Å². The minimum atomic E-state index is -0.0297. The van der Waals surface area contributed by atoms with E-state index in [1.807, 2.05) is 35.9 Å². The standard InChI is InChI=1S/C22H29Cl2N3O2/c1-3-21(28)27-10-8-20(9-11-27)26(2)22(29)25-19-6-4-15(5-7-19)16-12-17(23)14-18(24)13-16/h4,12-14,19-20H,3,5-11H2,1-2H3,(H,25,29). The molecule has 3 rings (SSSR count). The Kier molecular flexibility index (Phi) is 7.47. The molecule has 5 nitrogen and oxygen atoms in total. The van der Waals surface area contributed by atoms with Crippen LogP contribution in [0.4, 0.5) is 4.79 Å². The molecule has 0 spiro atoms. The number of benzene rings is 1. The van der Waals surface area contributed by atoms with Crippen molar-refractivity contribution in [3.63, 3.8) is 0 Å². The molecule has 1 unspecified atom stereocenters. The van der Waals surface area contributed by atoms with E-state index in [0.717, 1.165) is 50.8 Å². The van der Waals surface area contributed by atoms with Crippen LogP contribution in [0.2, 0.25) is 10.0 Å². The summed E-state index contributed by atoms with van der Waals surface area (Å²) in [5.41, 5.74) is 2.28. The molecule has 1 N–H and O–H groups in total. The molecule has 1 aliphatic heterocycles. The summed E-state index contributed by atoms with van der Waals surface area (Å²) in [6.45, 7) is 3.35. The fourth-order valence-electron chi connectivity index (χ4n) is 4.14. The van der Waals surface area contributed by atoms with Crippen molar-refractivity contribution >= 4 is 40.7 Å². The summed E-state index contributed by atoms with van der Waals surface area (Å²) in [5, 5.41) is 4.44. The number of halogens is 2. The topological polar surface area (TPSA) is 52.7 Å². The lowest BCUT2D eigenvalue weighted by atomic mass is 9.91. The molecule has 1 aromatic carbocycles. The van der Waals surface area contributed by atoms with Crippen molar-refractivity contribution in [1.82, 2.24) is 15.1 Å². The zero-order chi connectivity index (χ0) is 21.0. The van der Waals surface area contributed by atoms with Gasteiger partial charge in [-0.25, -0.2) is 4.79 Å². The van der Waals surface area contributed by atoms with Crippen LogP contribution < -0.4 is 5.32 Å². The first-order chi connectivity index (χ1) is 13.9. The van der Waals surface area contributed by atoms with Crippen LogP contribution in [0, 0.1) is 0 Å². The summed E-state index contributed by atoms with van der Waals surface area (Å²) in [6, 6.07) is 5.88. The first-order valence-electron chi connectivity index (χ1n) is 10.3. The van der Waals surface area contributed by atoms with E-state index in [0.29, 0.717) is 16.5 Å². The highest BCUT2D eigenvalue weighted by molar-refractivity contribution is 6.34. The molecule has 2 aliphatic rings. The number of nitrogens with one attached hydrogen (secondary N) is 1. The predicted molar refractivity (Wildman–Crippen MR) is 118 cm³/mol. The van der Waals surface area contributed by atoms with Crippen LogP contribution in [0.15, 0.2) is 24.3 Å². The number of hydrogen-bond acceptors (Lipinski definition) is 2. The van der Waals surface area contributed by atoms with Gasteiger partial charge in [-0.05, 0) is 61.4 Å². The lowest BCUT2D eigenvalue weighted by Gasteiger charge is -2.37. The Bertz CT molecular complexity index is 768. The van der Waals surface area contributed by atoms with Gasteiger partial charge in [-0.2, -0.15) is 0 Å². The van der Waals surface area contributed by atoms with E-state index in [9.17, 15) is 9.59 Å². The summed E-state index contributed by atoms with van der Waals surface area (Å²) in [5.74, 6) is 0.196. The van der Waals surface area contributed by atoms with Gasteiger partial charge in [0.05, 0.1) is 0 Å². The van der Waals surface area contributed by atoms with Gasteiger partial charge in [0.25, 0.3) is 0 Å². The summed E-state index contributed by atoms with van der Waals surface area (Å²) in [7, 11) is 1.86. The summed E-state index contributed by atoms with van der Waals surface area (Å²) in [6.07, 6.45) is 6.94. The van der Waals surface area contributed by atoms with Gasteiger partial charge in [0, 0.05) is 48.7 Å². The molecule has 29 heavy (non-hydrogen) atoms. The summed E-state index contributed by atoms with van der Waals surface area (Å²) in [4.78, 5) is 28.2. The number of allylic oxidation sites excluding steroid dienone is 1. The van der Waals surface area contributed by atoms with E-state index in [-0.39, 0.29) is 24.0 Å². The average molecular weight is 438 g/mol. The Morgan fingerprint density at radius 3 is 2.34 bits per heavy atom. The Hall–Kier alpha value is -1.72. The van der Waals surface area contributed by atoms with E-state index in [1.165, 1.54) is 5.57 Å². The smallest absolute Gasteiger partial charge is 0.317 e. The molecule has 1 fully saturated rings. The third kappa shape index (κ3) is 5.67. The van der Waals surface area contributed by atoms with E-state index >= 15 is 0 Å². The molecule has 0 bridgehead atoms. The van der Waals surface area contributed by atoms with Crippen molar-refractivity contribution in [1.29, 1.82) is 0 Å². The highest BCUT2D eigenvalue weighted by Crippen LogP contribution is 2.31. The zero-order valence-electron chi connectivity index (χ0n) is 17.1. The van der Waals surface area contributed by atoms with Crippen LogP contribution in [-0.4, -0.2) is 54.0 Å². The van der Waals surface area contributed by atoms with Gasteiger partial charge in [0.1, 0.15) is 0 Å². The van der Waals surface area contributed by atoms with Crippen LogP contribution in [0.5, 0.6) is 0 Å². The molecule has 0 radical (unpaired) electrons. The van der Waals surface area contributed by atoms with Crippen LogP contribution in [0.3, 0.4) is 0 Å². The van der Waals surface area contributed by atoms with Gasteiger partial charge >= 0.3 is 6.03 Å². The number of piperidine rings is 1. The second-order valence-electron chi connectivity index (χ2n) is 7.88. The monoisotopic (exact) mass is 437 g/mol. The van der Waals surface area contributed by atoms with Crippen molar-refractivity contribution in [2.24, 2.45) is 0 Å². The SMILES string of the molecule is CCC(=O)N1CCC(N(C)C(=O)NC2CC=C(c3cc(Cl)cc(Cl)c3)CC2)CC1. The largest absolute Gasteiger partial charge is 0.343 e. The molecule has 158 valence electrons. The van der Waals surface area contributed by atoms with E-state index in [4.69, 9.17) is 23.2 Å². The van der Waals surface area contributed by atoms with Gasteiger partial charge in [0.15, 0.2) is 0 Å². The van der Waals surface area contributed by atoms with Gasteiger partial charge < -0.3 is 15.1 Å². The molecule has 0 saturated carbocycles. The number of hydrogen-bond donors (Lipinski definition) is 1. The van der Waals surface area contributed by atoms with Crippen LogP contribution >= 0.6 is 23.2 Å². The van der Waals surface area contributed by atoms with Crippen molar-refractivity contribution in [3.05, 3.63) is 39.9 Å². The third-order valence-electron chi connectivity index (χ3n) is 5.96. The highest BCUT2D eigenvalue weighted by Gasteiger charge is 2.28. The maximum absolute atomic E-state index is 12.7. The van der Waals surface area contributed by atoms with Crippen LogP contribution in [0.1, 0.15) is 51.0 Å². The number of urea groups is 1. The maximum atomic E-state index is 12.7. The molecular formula is C22H29Cl2N3O2. The predicted octanol–water partition coefficient (Wildman–Crippen LogP) is 4.97. The zero-order valence-corrected chi connectivity index (χ0v) is 18.6. The number of likely N-dealkylation sites (tertiary alicyclic amines) is 1. The number of carbonyl (C=O) groups is 2. The molecule has 0 aromatic heterocycles. The fraction of sp³-hybridized carbons (Fsp3) is 0.545. The van der Waals surface area contributed by atoms with Crippen LogP contribution in [-0.2, 0) is 4.79 Å². The Labute approximate surface area is 183 Å². The highest BCUT2D eigenvalue weighted by atomic mass is 35.5. The van der Waals surface area contributed by atoms with Gasteiger partial charge in [0.2, 0.25) is 5.91 Å². The van der Waals surface area contributed by atoms with Gasteiger partial charge in [-0.3, -0.25) is 4.79 Å². The molecule has 1 heterocycles. The maximum Gasteiger partial charge on any atom is 0.317 e. The lowest BCUT2D eigenvalue weighted by molar-refractivity contribution is -0.132. The van der Waals surface area contributed by atoms with Crippen molar-refractivity contribution in [2.75, 3.05) is 20.1 Å². The quantitative estimate of drug-likeness (QED) is 0.722. The van der Waals surface area contributed by atoms with E-state index in [2.05, 4.69) is 11.4 Å². The van der Waals surface area contributed by atoms with Gasteiger partial charge in [-0.15, -0.1) is 0 Å². The minimum Gasteiger partial charge on any atom is -0.343 e. The average Bonchev–Trinajstić information content (AvgIpc) is 2.72. The van der Waals surface area contributed by atoms with Crippen molar-refractivity contribution in [2.45, 2.75) is 57.5 Å². The third-order valence-corrected chi connectivity index (χ3v) is 6.40. The number of carbonyl (C=O) groups excluding carboxylic acids is 2. The Morgan fingerprint density at radius 1 is 1.14 bits per heavy atom. The lowest BCUT2D eigenvalue weighted by Crippen LogP contribution is -2.51. The Balaban J connectivity index is 1.50. The second-order valence-corrected chi connectivity index (χ2v) is 8.76. The number of nitrogens with zero attached hydrogens (tertiary/aromatic N) is 2. The fourth-order valence-corrected chi connectivity index (χ4v) is 4.66. The molecule has 7 heteroatoms. The minimum absolute atomic E-state index is 0.0297. The molecule has 1 saturated heterocycles. The molecule has 1 aliphatic carbocycles. The molecule has 1 aromatic rings. The number of rotatable bonds is 4.